The van der Waals surface area contributed by atoms with Crippen LogP contribution in [-0.2, 0) is 4.79 Å². The molecule has 2 N–H and O–H groups in total. The van der Waals surface area contributed by atoms with Crippen LogP contribution in [0, 0.1) is 6.92 Å². The van der Waals surface area contributed by atoms with E-state index in [4.69, 9.17) is 0 Å². The van der Waals surface area contributed by atoms with Gasteiger partial charge >= 0.3 is 0 Å². The first-order chi connectivity index (χ1) is 10.2. The van der Waals surface area contributed by atoms with Crippen LogP contribution in [0.3, 0.4) is 0 Å². The summed E-state index contributed by atoms with van der Waals surface area (Å²) < 4.78 is 0. The minimum absolute atomic E-state index is 0.183. The topological polar surface area (TPSA) is 52.6 Å². The maximum absolute atomic E-state index is 12.4. The highest BCUT2D eigenvalue weighted by atomic mass is 16.3. The van der Waals surface area contributed by atoms with E-state index in [0.29, 0.717) is 0 Å². The van der Waals surface area contributed by atoms with E-state index in [0.717, 1.165) is 31.2 Å². The highest BCUT2D eigenvalue weighted by molar-refractivity contribution is 5.92. The van der Waals surface area contributed by atoms with E-state index in [1.807, 2.05) is 24.0 Å². The molecule has 1 aromatic carbocycles. The number of benzene rings is 1. The molecule has 4 nitrogen and oxygen atoms in total. The first-order valence-electron chi connectivity index (χ1n) is 7.71. The summed E-state index contributed by atoms with van der Waals surface area (Å²) in [6, 6.07) is 8.41. The van der Waals surface area contributed by atoms with Crippen molar-refractivity contribution in [2.45, 2.75) is 51.2 Å². The van der Waals surface area contributed by atoms with E-state index in [1.165, 1.54) is 18.2 Å². The highest BCUT2D eigenvalue weighted by Crippen LogP contribution is 2.32. The predicted molar refractivity (Wildman–Crippen MR) is 81.5 cm³/mol. The van der Waals surface area contributed by atoms with Gasteiger partial charge in [0.1, 0.15) is 6.17 Å². The van der Waals surface area contributed by atoms with Crippen LogP contribution in [0.5, 0.6) is 0 Å². The minimum atomic E-state index is -0.258. The Morgan fingerprint density at radius 3 is 2.48 bits per heavy atom. The Bertz CT molecular complexity index is 544. The number of hydrogen-bond acceptors (Lipinski definition) is 3. The third-order valence-corrected chi connectivity index (χ3v) is 4.47. The second-order valence-corrected chi connectivity index (χ2v) is 6.01. The fraction of sp³-hybridized carbons (Fsp3) is 0.471. The summed E-state index contributed by atoms with van der Waals surface area (Å²) in [7, 11) is 0. The number of hydrogen-bond donors (Lipinski definition) is 2. The zero-order valence-corrected chi connectivity index (χ0v) is 12.4. The Balaban J connectivity index is 1.92. The van der Waals surface area contributed by atoms with Crippen molar-refractivity contribution >= 4 is 5.91 Å². The molecule has 0 radical (unpaired) electrons. The van der Waals surface area contributed by atoms with Crippen LogP contribution >= 0.6 is 0 Å². The van der Waals surface area contributed by atoms with Crippen molar-refractivity contribution in [1.29, 1.82) is 0 Å². The van der Waals surface area contributed by atoms with Gasteiger partial charge in [0.2, 0.25) is 0 Å². The lowest BCUT2D eigenvalue weighted by Gasteiger charge is -2.42. The second-order valence-electron chi connectivity index (χ2n) is 6.01. The smallest absolute Gasteiger partial charge is 0.292 e. The molecule has 0 saturated heterocycles. The van der Waals surface area contributed by atoms with Crippen LogP contribution in [0.15, 0.2) is 36.2 Å². The maximum Gasteiger partial charge on any atom is 0.292 e. The van der Waals surface area contributed by atoms with Crippen LogP contribution in [0.4, 0.5) is 0 Å². The van der Waals surface area contributed by atoms with Crippen molar-refractivity contribution in [2.24, 2.45) is 0 Å². The van der Waals surface area contributed by atoms with E-state index in [9.17, 15) is 9.90 Å². The lowest BCUT2D eigenvalue weighted by Crippen LogP contribution is -2.51. The fourth-order valence-electron chi connectivity index (χ4n) is 3.29. The quantitative estimate of drug-likeness (QED) is 0.878. The molecule has 1 amide bonds. The molecule has 1 saturated carbocycles. The number of carbonyl (C=O) groups is 1. The lowest BCUT2D eigenvalue weighted by atomic mass is 9.92. The first kappa shape index (κ1) is 14.0. The van der Waals surface area contributed by atoms with Gasteiger partial charge in [-0.3, -0.25) is 4.79 Å². The Morgan fingerprint density at radius 1 is 1.14 bits per heavy atom. The highest BCUT2D eigenvalue weighted by Gasteiger charge is 2.36. The number of aliphatic hydroxyl groups excluding tert-OH is 1. The number of aliphatic hydroxyl groups is 1. The molecule has 3 rings (SSSR count). The van der Waals surface area contributed by atoms with Crippen LogP contribution in [0.25, 0.3) is 0 Å². The van der Waals surface area contributed by atoms with Gasteiger partial charge in [0, 0.05) is 12.2 Å². The van der Waals surface area contributed by atoms with Crippen LogP contribution in [0.1, 0.15) is 49.4 Å². The molecular formula is C17H22N2O2. The van der Waals surface area contributed by atoms with Crippen LogP contribution < -0.4 is 5.32 Å². The number of nitrogens with zero attached hydrogens (tertiary/aromatic N) is 1. The standard InChI is InChI=1S/C17H22N2O2/c1-12-7-9-13(10-8-12)16-18-11-15(20)17(21)19(16)14-5-3-2-4-6-14/h7-11,14,16,18,20H,2-6H2,1H3. The average molecular weight is 286 g/mol. The fourth-order valence-corrected chi connectivity index (χ4v) is 3.29. The molecule has 2 aliphatic rings. The van der Waals surface area contributed by atoms with E-state index in [-0.39, 0.29) is 23.9 Å². The molecule has 1 heterocycles. The third kappa shape index (κ3) is 2.75. The van der Waals surface area contributed by atoms with Gasteiger partial charge in [0.15, 0.2) is 5.76 Å². The molecule has 21 heavy (non-hydrogen) atoms. The van der Waals surface area contributed by atoms with Gasteiger partial charge in [0.05, 0.1) is 0 Å². The van der Waals surface area contributed by atoms with Gasteiger partial charge < -0.3 is 15.3 Å². The number of rotatable bonds is 2. The zero-order chi connectivity index (χ0) is 14.8. The van der Waals surface area contributed by atoms with Crippen molar-refractivity contribution < 1.29 is 9.90 Å². The first-order valence-corrected chi connectivity index (χ1v) is 7.71. The average Bonchev–Trinajstić information content (AvgIpc) is 2.52. The maximum atomic E-state index is 12.4. The van der Waals surface area contributed by atoms with Gasteiger partial charge in [-0.1, -0.05) is 49.1 Å². The van der Waals surface area contributed by atoms with Crippen molar-refractivity contribution in [3.05, 3.63) is 47.4 Å². The van der Waals surface area contributed by atoms with Gasteiger partial charge in [-0.2, -0.15) is 0 Å². The third-order valence-electron chi connectivity index (χ3n) is 4.47. The largest absolute Gasteiger partial charge is 0.502 e. The molecule has 1 aliphatic heterocycles. The lowest BCUT2D eigenvalue weighted by molar-refractivity contribution is -0.138. The molecule has 1 aliphatic carbocycles. The van der Waals surface area contributed by atoms with E-state index < -0.39 is 0 Å². The summed E-state index contributed by atoms with van der Waals surface area (Å²) in [6.45, 7) is 2.05. The minimum Gasteiger partial charge on any atom is -0.502 e. The van der Waals surface area contributed by atoms with Crippen LogP contribution in [-0.4, -0.2) is 22.0 Å². The molecule has 4 heteroatoms. The summed E-state index contributed by atoms with van der Waals surface area (Å²) in [5.74, 6) is -0.449. The van der Waals surface area contributed by atoms with Crippen molar-refractivity contribution in [2.75, 3.05) is 0 Å². The molecule has 1 fully saturated rings. The molecule has 1 unspecified atom stereocenters. The molecule has 1 aromatic rings. The van der Waals surface area contributed by atoms with Gasteiger partial charge in [0.25, 0.3) is 5.91 Å². The summed E-state index contributed by atoms with van der Waals surface area (Å²) in [5, 5.41) is 13.0. The molecule has 112 valence electrons. The summed E-state index contributed by atoms with van der Waals surface area (Å²) >= 11 is 0. The SMILES string of the molecule is Cc1ccc(C2NC=C(O)C(=O)N2C2CCCCC2)cc1. The van der Waals surface area contributed by atoms with Gasteiger partial charge in [-0.05, 0) is 25.3 Å². The van der Waals surface area contributed by atoms with E-state index in [1.54, 1.807) is 0 Å². The summed E-state index contributed by atoms with van der Waals surface area (Å²) in [4.78, 5) is 14.3. The molecular weight excluding hydrogens is 264 g/mol. The van der Waals surface area contributed by atoms with Crippen LogP contribution in [0.2, 0.25) is 0 Å². The zero-order valence-electron chi connectivity index (χ0n) is 12.4. The number of carbonyl (C=O) groups excluding carboxylic acids is 1. The summed E-state index contributed by atoms with van der Waals surface area (Å²) in [6.07, 6.45) is 6.82. The van der Waals surface area contributed by atoms with E-state index >= 15 is 0 Å². The van der Waals surface area contributed by atoms with Crippen molar-refractivity contribution in [3.63, 3.8) is 0 Å². The van der Waals surface area contributed by atoms with Gasteiger partial charge in [-0.15, -0.1) is 0 Å². The normalized spacial score (nSPS) is 23.7. The van der Waals surface area contributed by atoms with Crippen molar-refractivity contribution in [1.82, 2.24) is 10.2 Å². The Hall–Kier alpha value is -1.97. The van der Waals surface area contributed by atoms with E-state index in [2.05, 4.69) is 17.4 Å². The monoisotopic (exact) mass is 286 g/mol. The molecule has 0 spiro atoms. The Labute approximate surface area is 125 Å². The number of amides is 1. The molecule has 0 bridgehead atoms. The number of aryl methyl sites for hydroxylation is 1. The Kier molecular flexibility index (Phi) is 3.86. The molecule has 1 atom stereocenters. The Morgan fingerprint density at radius 2 is 1.81 bits per heavy atom. The number of nitrogens with one attached hydrogen (secondary N) is 1. The summed E-state index contributed by atoms with van der Waals surface area (Å²) in [5.41, 5.74) is 2.26. The van der Waals surface area contributed by atoms with Crippen molar-refractivity contribution in [3.8, 4) is 0 Å². The second kappa shape index (κ2) is 5.80. The predicted octanol–water partition coefficient (Wildman–Crippen LogP) is 3.16. The molecule has 0 aromatic heterocycles. The van der Waals surface area contributed by atoms with Gasteiger partial charge in [-0.25, -0.2) is 0 Å².